The summed E-state index contributed by atoms with van der Waals surface area (Å²) in [5, 5.41) is 10.2. The van der Waals surface area contributed by atoms with E-state index in [9.17, 15) is 5.26 Å². The number of anilines is 1. The van der Waals surface area contributed by atoms with Gasteiger partial charge in [0.1, 0.15) is 5.82 Å². The van der Waals surface area contributed by atoms with Crippen LogP contribution in [-0.2, 0) is 0 Å². The summed E-state index contributed by atoms with van der Waals surface area (Å²) in [6, 6.07) is 12.1. The summed E-state index contributed by atoms with van der Waals surface area (Å²) in [6.07, 6.45) is 0. The highest BCUT2D eigenvalue weighted by atomic mass is 15.2. The molecular formula is C15H16N4. The van der Waals surface area contributed by atoms with Gasteiger partial charge in [-0.2, -0.15) is 5.26 Å². The van der Waals surface area contributed by atoms with Crippen LogP contribution in [0.1, 0.15) is 12.5 Å². The molecule has 4 heteroatoms. The van der Waals surface area contributed by atoms with Crippen molar-refractivity contribution in [1.29, 1.82) is 5.26 Å². The molecule has 1 saturated heterocycles. The predicted octanol–water partition coefficient (Wildman–Crippen LogP) is 1.89. The number of nitrogens with zero attached hydrogens (tertiary/aromatic N) is 3. The molecule has 0 spiro atoms. The van der Waals surface area contributed by atoms with Crippen LogP contribution in [0, 0.1) is 17.2 Å². The third-order valence-corrected chi connectivity index (χ3v) is 3.82. The Morgan fingerprint density at radius 3 is 2.84 bits per heavy atom. The SMILES string of the molecule is CC1CN(c2cc(C#N)c3ccccc3n2)CC1N. The van der Waals surface area contributed by atoms with E-state index in [1.807, 2.05) is 30.3 Å². The highest BCUT2D eigenvalue weighted by molar-refractivity contribution is 5.86. The Labute approximate surface area is 112 Å². The molecule has 0 saturated carbocycles. The molecule has 1 fully saturated rings. The van der Waals surface area contributed by atoms with Crippen molar-refractivity contribution in [1.82, 2.24) is 4.98 Å². The van der Waals surface area contributed by atoms with Crippen molar-refractivity contribution in [2.45, 2.75) is 13.0 Å². The Balaban J connectivity index is 2.08. The van der Waals surface area contributed by atoms with Crippen molar-refractivity contribution in [2.24, 2.45) is 11.7 Å². The molecule has 1 aromatic carbocycles. The zero-order valence-corrected chi connectivity index (χ0v) is 10.9. The molecule has 0 bridgehead atoms. The van der Waals surface area contributed by atoms with Crippen molar-refractivity contribution in [3.63, 3.8) is 0 Å². The number of pyridine rings is 1. The van der Waals surface area contributed by atoms with Crippen molar-refractivity contribution in [3.8, 4) is 6.07 Å². The van der Waals surface area contributed by atoms with Gasteiger partial charge in [0, 0.05) is 24.5 Å². The van der Waals surface area contributed by atoms with E-state index in [1.54, 1.807) is 0 Å². The number of hydrogen-bond acceptors (Lipinski definition) is 4. The third kappa shape index (κ3) is 2.02. The van der Waals surface area contributed by atoms with Crippen LogP contribution in [0.25, 0.3) is 10.9 Å². The molecule has 2 atom stereocenters. The molecule has 2 unspecified atom stereocenters. The minimum Gasteiger partial charge on any atom is -0.355 e. The molecule has 19 heavy (non-hydrogen) atoms. The molecule has 4 nitrogen and oxygen atoms in total. The maximum Gasteiger partial charge on any atom is 0.130 e. The summed E-state index contributed by atoms with van der Waals surface area (Å²) in [6.45, 7) is 3.85. The molecule has 3 rings (SSSR count). The first-order valence-corrected chi connectivity index (χ1v) is 6.49. The maximum absolute atomic E-state index is 9.29. The fraction of sp³-hybridized carbons (Fsp3) is 0.333. The Bertz CT molecular complexity index is 649. The predicted molar refractivity (Wildman–Crippen MR) is 75.8 cm³/mol. The Morgan fingerprint density at radius 1 is 1.37 bits per heavy atom. The van der Waals surface area contributed by atoms with Crippen molar-refractivity contribution < 1.29 is 0 Å². The monoisotopic (exact) mass is 252 g/mol. The zero-order valence-electron chi connectivity index (χ0n) is 10.9. The van der Waals surface area contributed by atoms with Gasteiger partial charge in [-0.1, -0.05) is 25.1 Å². The van der Waals surface area contributed by atoms with Crippen LogP contribution in [0.2, 0.25) is 0 Å². The number of aromatic nitrogens is 1. The van der Waals surface area contributed by atoms with E-state index in [0.717, 1.165) is 29.8 Å². The van der Waals surface area contributed by atoms with E-state index >= 15 is 0 Å². The topological polar surface area (TPSA) is 65.9 Å². The van der Waals surface area contributed by atoms with Gasteiger partial charge in [-0.25, -0.2) is 4.98 Å². The van der Waals surface area contributed by atoms with Crippen LogP contribution in [0.15, 0.2) is 30.3 Å². The Hall–Kier alpha value is -2.12. The molecule has 96 valence electrons. The molecule has 2 heterocycles. The van der Waals surface area contributed by atoms with Gasteiger partial charge in [-0.15, -0.1) is 0 Å². The van der Waals surface area contributed by atoms with Crippen LogP contribution in [0.3, 0.4) is 0 Å². The number of nitrogens with two attached hydrogens (primary N) is 1. The summed E-state index contributed by atoms with van der Waals surface area (Å²) in [5.74, 6) is 1.31. The highest BCUT2D eigenvalue weighted by Gasteiger charge is 2.27. The number of benzene rings is 1. The van der Waals surface area contributed by atoms with Gasteiger partial charge < -0.3 is 10.6 Å². The van der Waals surface area contributed by atoms with E-state index in [0.29, 0.717) is 11.5 Å². The molecule has 2 aromatic rings. The second-order valence-electron chi connectivity index (χ2n) is 5.20. The number of fused-ring (bicyclic) bond motifs is 1. The second kappa shape index (κ2) is 4.52. The first-order valence-electron chi connectivity index (χ1n) is 6.49. The van der Waals surface area contributed by atoms with E-state index in [4.69, 9.17) is 5.73 Å². The zero-order chi connectivity index (χ0) is 13.4. The van der Waals surface area contributed by atoms with Crippen LogP contribution in [0.4, 0.5) is 5.82 Å². The van der Waals surface area contributed by atoms with Gasteiger partial charge in [-0.3, -0.25) is 0 Å². The van der Waals surface area contributed by atoms with Gasteiger partial charge in [0.2, 0.25) is 0 Å². The number of para-hydroxylation sites is 1. The summed E-state index contributed by atoms with van der Waals surface area (Å²) < 4.78 is 0. The lowest BCUT2D eigenvalue weighted by Gasteiger charge is -2.18. The average Bonchev–Trinajstić information content (AvgIpc) is 2.77. The molecule has 0 aliphatic carbocycles. The average molecular weight is 252 g/mol. The fourth-order valence-corrected chi connectivity index (χ4v) is 2.59. The molecule has 1 aromatic heterocycles. The molecule has 1 aliphatic rings. The standard InChI is InChI=1S/C15H16N4/c1-10-8-19(9-13(10)17)15-6-11(7-16)12-4-2-3-5-14(12)18-15/h2-6,10,13H,8-9,17H2,1H3. The van der Waals surface area contributed by atoms with E-state index in [1.165, 1.54) is 0 Å². The van der Waals surface area contributed by atoms with Gasteiger partial charge in [-0.05, 0) is 18.1 Å². The van der Waals surface area contributed by atoms with Crippen molar-refractivity contribution >= 4 is 16.7 Å². The smallest absolute Gasteiger partial charge is 0.130 e. The lowest BCUT2D eigenvalue weighted by Crippen LogP contribution is -2.28. The minimum atomic E-state index is 0.179. The third-order valence-electron chi connectivity index (χ3n) is 3.82. The molecular weight excluding hydrogens is 236 g/mol. The Morgan fingerprint density at radius 2 is 2.16 bits per heavy atom. The van der Waals surface area contributed by atoms with Gasteiger partial charge in [0.15, 0.2) is 0 Å². The molecule has 0 radical (unpaired) electrons. The quantitative estimate of drug-likeness (QED) is 0.841. The van der Waals surface area contributed by atoms with Gasteiger partial charge >= 0.3 is 0 Å². The largest absolute Gasteiger partial charge is 0.355 e. The van der Waals surface area contributed by atoms with Gasteiger partial charge in [0.05, 0.1) is 17.1 Å². The normalized spacial score (nSPS) is 22.7. The van der Waals surface area contributed by atoms with Crippen LogP contribution >= 0.6 is 0 Å². The maximum atomic E-state index is 9.29. The summed E-state index contributed by atoms with van der Waals surface area (Å²) in [4.78, 5) is 6.82. The molecule has 2 N–H and O–H groups in total. The van der Waals surface area contributed by atoms with Crippen molar-refractivity contribution in [3.05, 3.63) is 35.9 Å². The van der Waals surface area contributed by atoms with E-state index in [2.05, 4.69) is 22.9 Å². The second-order valence-corrected chi connectivity index (χ2v) is 5.20. The number of nitriles is 1. The number of hydrogen-bond donors (Lipinski definition) is 1. The summed E-state index contributed by atoms with van der Waals surface area (Å²) in [7, 11) is 0. The molecule has 1 aliphatic heterocycles. The first-order chi connectivity index (χ1) is 9.19. The number of rotatable bonds is 1. The minimum absolute atomic E-state index is 0.179. The summed E-state index contributed by atoms with van der Waals surface area (Å²) in [5.41, 5.74) is 7.59. The van der Waals surface area contributed by atoms with Crippen LogP contribution in [-0.4, -0.2) is 24.1 Å². The summed E-state index contributed by atoms with van der Waals surface area (Å²) >= 11 is 0. The highest BCUT2D eigenvalue weighted by Crippen LogP contribution is 2.26. The lowest BCUT2D eigenvalue weighted by molar-refractivity contribution is 0.566. The molecule has 0 amide bonds. The fourth-order valence-electron chi connectivity index (χ4n) is 2.59. The van der Waals surface area contributed by atoms with E-state index in [-0.39, 0.29) is 6.04 Å². The van der Waals surface area contributed by atoms with Crippen molar-refractivity contribution in [2.75, 3.05) is 18.0 Å². The lowest BCUT2D eigenvalue weighted by atomic mass is 10.1. The van der Waals surface area contributed by atoms with Crippen LogP contribution < -0.4 is 10.6 Å². The van der Waals surface area contributed by atoms with Gasteiger partial charge in [0.25, 0.3) is 0 Å². The first kappa shape index (κ1) is 11.9. The van der Waals surface area contributed by atoms with Crippen LogP contribution in [0.5, 0.6) is 0 Å². The Kier molecular flexibility index (Phi) is 2.84. The van der Waals surface area contributed by atoms with E-state index < -0.39 is 0 Å².